The van der Waals surface area contributed by atoms with E-state index in [2.05, 4.69) is 21.2 Å². The van der Waals surface area contributed by atoms with Gasteiger partial charge in [-0.1, -0.05) is 24.3 Å². The molecule has 0 bridgehead atoms. The maximum absolute atomic E-state index is 13.0. The van der Waals surface area contributed by atoms with Crippen molar-refractivity contribution >= 4 is 35.1 Å². The average molecular weight is 424 g/mol. The second kappa shape index (κ2) is 9.41. The highest BCUT2D eigenvalue weighted by molar-refractivity contribution is 7.80. The Kier molecular flexibility index (Phi) is 6.68. The molecule has 3 N–H and O–H groups in total. The van der Waals surface area contributed by atoms with Crippen molar-refractivity contribution < 1.29 is 9.53 Å². The van der Waals surface area contributed by atoms with Crippen LogP contribution in [0, 0.1) is 0 Å². The van der Waals surface area contributed by atoms with Gasteiger partial charge in [0.25, 0.3) is 5.91 Å². The topological polar surface area (TPSA) is 78.0 Å². The molecule has 30 heavy (non-hydrogen) atoms. The van der Waals surface area contributed by atoms with E-state index in [9.17, 15) is 4.79 Å². The Morgan fingerprint density at radius 2 is 1.90 bits per heavy atom. The summed E-state index contributed by atoms with van der Waals surface area (Å²) in [5.41, 5.74) is 6.60. The molecule has 1 unspecified atom stereocenters. The molecule has 0 aromatic heterocycles. The van der Waals surface area contributed by atoms with Crippen molar-refractivity contribution in [3.63, 3.8) is 0 Å². The van der Waals surface area contributed by atoms with Gasteiger partial charge in [-0.15, -0.1) is 0 Å². The Labute approximate surface area is 181 Å². The quantitative estimate of drug-likeness (QED) is 0.377. The van der Waals surface area contributed by atoms with E-state index < -0.39 is 0 Å². The second-order valence-corrected chi connectivity index (χ2v) is 7.41. The van der Waals surface area contributed by atoms with Crippen LogP contribution in [0.5, 0.6) is 5.75 Å². The van der Waals surface area contributed by atoms with Gasteiger partial charge in [0.1, 0.15) is 5.75 Å². The lowest BCUT2D eigenvalue weighted by Gasteiger charge is -2.30. The van der Waals surface area contributed by atoms with E-state index in [0.29, 0.717) is 22.1 Å². The fourth-order valence-electron chi connectivity index (χ4n) is 3.20. The zero-order valence-electron chi connectivity index (χ0n) is 17.4. The summed E-state index contributed by atoms with van der Waals surface area (Å²) in [4.78, 5) is 15.0. The van der Waals surface area contributed by atoms with Crippen LogP contribution in [0.25, 0.3) is 0 Å². The molecule has 1 amide bonds. The predicted octanol–water partition coefficient (Wildman–Crippen LogP) is 2.70. The number of hydrogen-bond acceptors (Lipinski definition) is 5. The average Bonchev–Trinajstić information content (AvgIpc) is 2.73. The summed E-state index contributed by atoms with van der Waals surface area (Å²) in [5.74, 6) is 0.360. The Bertz CT molecular complexity index is 999. The van der Waals surface area contributed by atoms with Crippen molar-refractivity contribution in [3.05, 3.63) is 70.9 Å². The van der Waals surface area contributed by atoms with Crippen molar-refractivity contribution in [2.75, 3.05) is 26.1 Å². The Morgan fingerprint density at radius 3 is 2.57 bits per heavy atom. The minimum Gasteiger partial charge on any atom is -0.496 e. The van der Waals surface area contributed by atoms with E-state index in [0.717, 1.165) is 16.8 Å². The third kappa shape index (κ3) is 4.77. The van der Waals surface area contributed by atoms with Gasteiger partial charge in [0.2, 0.25) is 0 Å². The van der Waals surface area contributed by atoms with E-state index >= 15 is 0 Å². The van der Waals surface area contributed by atoms with Crippen LogP contribution in [0.3, 0.4) is 0 Å². The number of hydrogen-bond donors (Lipinski definition) is 3. The molecule has 2 aromatic carbocycles. The molecule has 156 valence electrons. The SMILES string of the molecule is COc1ccccc1/C=N/NC(=O)C1=C(C)NC(=S)NC1c1ccc(N(C)C)cc1. The van der Waals surface area contributed by atoms with E-state index in [1.54, 1.807) is 13.3 Å². The van der Waals surface area contributed by atoms with Crippen molar-refractivity contribution in [2.24, 2.45) is 5.10 Å². The van der Waals surface area contributed by atoms with E-state index in [1.807, 2.05) is 74.4 Å². The third-order valence-electron chi connectivity index (χ3n) is 4.77. The van der Waals surface area contributed by atoms with Gasteiger partial charge < -0.3 is 20.3 Å². The zero-order valence-corrected chi connectivity index (χ0v) is 18.2. The molecule has 1 aliphatic heterocycles. The van der Waals surface area contributed by atoms with Crippen molar-refractivity contribution in [3.8, 4) is 5.75 Å². The standard InChI is InChI=1S/C22H25N5O2S/c1-14-19(21(28)26-23-13-16-7-5-6-8-18(16)29-4)20(25-22(30)24-14)15-9-11-17(12-10-15)27(2)3/h5-13,20H,1-4H3,(H,26,28)(H2,24,25,30)/b23-13+. The lowest BCUT2D eigenvalue weighted by molar-refractivity contribution is -0.117. The molecule has 0 radical (unpaired) electrons. The van der Waals surface area contributed by atoms with Gasteiger partial charge in [-0.05, 0) is 49.0 Å². The van der Waals surface area contributed by atoms with Crippen LogP contribution in [-0.4, -0.2) is 38.4 Å². The predicted molar refractivity (Wildman–Crippen MR) is 124 cm³/mol. The summed E-state index contributed by atoms with van der Waals surface area (Å²) in [6.07, 6.45) is 1.56. The largest absolute Gasteiger partial charge is 0.496 e. The number of allylic oxidation sites excluding steroid dienone is 1. The number of nitrogens with zero attached hydrogens (tertiary/aromatic N) is 2. The molecule has 0 saturated heterocycles. The van der Waals surface area contributed by atoms with E-state index in [1.165, 1.54) is 0 Å². The third-order valence-corrected chi connectivity index (χ3v) is 4.99. The first-order valence-electron chi connectivity index (χ1n) is 9.42. The molecule has 1 atom stereocenters. The molecular formula is C22H25N5O2S. The molecule has 0 saturated carbocycles. The van der Waals surface area contributed by atoms with Crippen LogP contribution in [0.2, 0.25) is 0 Å². The Hall–Kier alpha value is -3.39. The maximum atomic E-state index is 13.0. The highest BCUT2D eigenvalue weighted by Gasteiger charge is 2.29. The van der Waals surface area contributed by atoms with Gasteiger partial charge in [-0.25, -0.2) is 5.43 Å². The number of methoxy groups -OCH3 is 1. The number of amides is 1. The fraction of sp³-hybridized carbons (Fsp3) is 0.227. The summed E-state index contributed by atoms with van der Waals surface area (Å²) in [5, 5.41) is 10.8. The zero-order chi connectivity index (χ0) is 21.7. The first-order chi connectivity index (χ1) is 14.4. The Balaban J connectivity index is 1.83. The molecule has 0 aliphatic carbocycles. The summed E-state index contributed by atoms with van der Waals surface area (Å²) in [7, 11) is 5.55. The van der Waals surface area contributed by atoms with Crippen molar-refractivity contribution in [2.45, 2.75) is 13.0 Å². The monoisotopic (exact) mass is 423 g/mol. The summed E-state index contributed by atoms with van der Waals surface area (Å²) in [6, 6.07) is 15.0. The van der Waals surface area contributed by atoms with Gasteiger partial charge >= 0.3 is 0 Å². The maximum Gasteiger partial charge on any atom is 0.271 e. The number of hydrazone groups is 1. The number of nitrogens with one attached hydrogen (secondary N) is 3. The van der Waals surface area contributed by atoms with Gasteiger partial charge in [-0.2, -0.15) is 5.10 Å². The number of ether oxygens (including phenoxy) is 1. The summed E-state index contributed by atoms with van der Waals surface area (Å²) in [6.45, 7) is 1.83. The smallest absolute Gasteiger partial charge is 0.271 e. The minimum absolute atomic E-state index is 0.317. The van der Waals surface area contributed by atoms with Crippen LogP contribution in [-0.2, 0) is 4.79 Å². The van der Waals surface area contributed by atoms with E-state index in [-0.39, 0.29) is 11.9 Å². The normalized spacial score (nSPS) is 16.1. The second-order valence-electron chi connectivity index (χ2n) is 7.00. The number of thiocarbonyl (C=S) groups is 1. The minimum atomic E-state index is -0.378. The van der Waals surface area contributed by atoms with Gasteiger partial charge in [0.15, 0.2) is 5.11 Å². The molecule has 1 heterocycles. The summed E-state index contributed by atoms with van der Waals surface area (Å²) < 4.78 is 5.30. The number of carbonyl (C=O) groups is 1. The first-order valence-corrected chi connectivity index (χ1v) is 9.83. The molecular weight excluding hydrogens is 398 g/mol. The lowest BCUT2D eigenvalue weighted by atomic mass is 9.95. The van der Waals surface area contributed by atoms with Crippen LogP contribution in [0.15, 0.2) is 64.9 Å². The fourth-order valence-corrected chi connectivity index (χ4v) is 3.47. The van der Waals surface area contributed by atoms with Crippen molar-refractivity contribution in [1.29, 1.82) is 0 Å². The Morgan fingerprint density at radius 1 is 1.20 bits per heavy atom. The first kappa shape index (κ1) is 21.3. The van der Waals surface area contributed by atoms with Crippen LogP contribution < -0.4 is 25.7 Å². The van der Waals surface area contributed by atoms with Crippen molar-refractivity contribution in [1.82, 2.24) is 16.1 Å². The number of benzene rings is 2. The molecule has 0 spiro atoms. The van der Waals surface area contributed by atoms with Crippen LogP contribution in [0.1, 0.15) is 24.1 Å². The van der Waals surface area contributed by atoms with Crippen LogP contribution >= 0.6 is 12.2 Å². The lowest BCUT2D eigenvalue weighted by Crippen LogP contribution is -2.46. The van der Waals surface area contributed by atoms with E-state index in [4.69, 9.17) is 17.0 Å². The number of carbonyl (C=O) groups excluding carboxylic acids is 1. The van der Waals surface area contributed by atoms with Gasteiger partial charge in [-0.3, -0.25) is 4.79 Å². The summed E-state index contributed by atoms with van der Waals surface area (Å²) >= 11 is 5.31. The number of rotatable bonds is 6. The number of anilines is 1. The van der Waals surface area contributed by atoms with Crippen LogP contribution in [0.4, 0.5) is 5.69 Å². The van der Waals surface area contributed by atoms with Gasteiger partial charge in [0, 0.05) is 31.0 Å². The van der Waals surface area contributed by atoms with Gasteiger partial charge in [0.05, 0.1) is 24.9 Å². The molecule has 3 rings (SSSR count). The highest BCUT2D eigenvalue weighted by atomic mass is 32.1. The number of para-hydroxylation sites is 1. The molecule has 2 aromatic rings. The molecule has 8 heteroatoms. The highest BCUT2D eigenvalue weighted by Crippen LogP contribution is 2.28. The molecule has 0 fully saturated rings. The molecule has 1 aliphatic rings. The molecule has 7 nitrogen and oxygen atoms in total.